The molecule has 1 saturated heterocycles. The summed E-state index contributed by atoms with van der Waals surface area (Å²) in [6.07, 6.45) is 0.730. The van der Waals surface area contributed by atoms with Crippen LogP contribution in [0.3, 0.4) is 0 Å². The van der Waals surface area contributed by atoms with E-state index in [9.17, 15) is 9.59 Å². The zero-order chi connectivity index (χ0) is 23.4. The van der Waals surface area contributed by atoms with Crippen molar-refractivity contribution in [3.8, 4) is 5.75 Å². The number of ether oxygens (including phenoxy) is 2. The van der Waals surface area contributed by atoms with Crippen LogP contribution >= 0.6 is 0 Å². The fraction of sp³-hybridized carbons (Fsp3) is 0.385. The van der Waals surface area contributed by atoms with Crippen molar-refractivity contribution in [2.75, 3.05) is 51.8 Å². The van der Waals surface area contributed by atoms with Gasteiger partial charge in [0.05, 0.1) is 25.9 Å². The summed E-state index contributed by atoms with van der Waals surface area (Å²) in [6, 6.07) is 13.3. The predicted octanol–water partition coefficient (Wildman–Crippen LogP) is 3.23. The molecule has 0 saturated carbocycles. The lowest BCUT2D eigenvalue weighted by Crippen LogP contribution is -2.39. The molecule has 2 aliphatic rings. The summed E-state index contributed by atoms with van der Waals surface area (Å²) in [5.74, 6) is 0.195. The Morgan fingerprint density at radius 1 is 0.970 bits per heavy atom. The lowest BCUT2D eigenvalue weighted by molar-refractivity contribution is -0.136. The van der Waals surface area contributed by atoms with Crippen LogP contribution in [0, 0.1) is 13.8 Å². The van der Waals surface area contributed by atoms with Gasteiger partial charge in [0, 0.05) is 31.9 Å². The highest BCUT2D eigenvalue weighted by Crippen LogP contribution is 2.33. The van der Waals surface area contributed by atoms with Crippen LogP contribution < -0.4 is 10.1 Å². The number of benzene rings is 2. The van der Waals surface area contributed by atoms with E-state index in [4.69, 9.17) is 9.47 Å². The first-order valence-corrected chi connectivity index (χ1v) is 11.4. The number of hydrogen-bond donors (Lipinski definition) is 1. The summed E-state index contributed by atoms with van der Waals surface area (Å²) in [5, 5.41) is 3.22. The van der Waals surface area contributed by atoms with Crippen molar-refractivity contribution in [2.24, 2.45) is 0 Å². The van der Waals surface area contributed by atoms with E-state index in [-0.39, 0.29) is 11.8 Å². The van der Waals surface area contributed by atoms with Gasteiger partial charge in [0.1, 0.15) is 11.4 Å². The first-order chi connectivity index (χ1) is 16.0. The second kappa shape index (κ2) is 10.2. The summed E-state index contributed by atoms with van der Waals surface area (Å²) in [6.45, 7) is 8.44. The van der Waals surface area contributed by atoms with Crippen LogP contribution in [0.25, 0.3) is 5.57 Å². The molecule has 0 spiro atoms. The second-order valence-electron chi connectivity index (χ2n) is 8.49. The Morgan fingerprint density at radius 2 is 1.70 bits per heavy atom. The van der Waals surface area contributed by atoms with Gasteiger partial charge in [-0.25, -0.2) is 0 Å². The van der Waals surface area contributed by atoms with E-state index < -0.39 is 0 Å². The Morgan fingerprint density at radius 3 is 2.36 bits per heavy atom. The van der Waals surface area contributed by atoms with E-state index in [1.807, 2.05) is 56.3 Å². The Labute approximate surface area is 195 Å². The van der Waals surface area contributed by atoms with Gasteiger partial charge in [0.15, 0.2) is 0 Å². The molecule has 0 aromatic heterocycles. The minimum absolute atomic E-state index is 0.245. The number of methoxy groups -OCH3 is 1. The van der Waals surface area contributed by atoms with Gasteiger partial charge in [-0.3, -0.25) is 19.4 Å². The van der Waals surface area contributed by atoms with Crippen LogP contribution in [0.4, 0.5) is 5.69 Å². The second-order valence-corrected chi connectivity index (χ2v) is 8.49. The van der Waals surface area contributed by atoms with Crippen molar-refractivity contribution < 1.29 is 19.1 Å². The molecule has 174 valence electrons. The molecule has 2 aliphatic heterocycles. The SMILES string of the molecule is COc1ccc(NC2=C(c3ccc(C)cc3C)C(=O)N(CCCN3CCOCC3)C2=O)cc1. The number of rotatable bonds is 8. The van der Waals surface area contributed by atoms with E-state index in [0.29, 0.717) is 17.8 Å². The van der Waals surface area contributed by atoms with Crippen molar-refractivity contribution in [3.05, 3.63) is 64.9 Å². The molecule has 0 unspecified atom stereocenters. The minimum atomic E-state index is -0.284. The fourth-order valence-corrected chi connectivity index (χ4v) is 4.33. The van der Waals surface area contributed by atoms with E-state index in [1.165, 1.54) is 4.90 Å². The monoisotopic (exact) mass is 449 g/mol. The fourth-order valence-electron chi connectivity index (χ4n) is 4.33. The maximum absolute atomic E-state index is 13.5. The number of anilines is 1. The number of aryl methyl sites for hydroxylation is 2. The number of carbonyl (C=O) groups excluding carboxylic acids is 2. The number of carbonyl (C=O) groups is 2. The van der Waals surface area contributed by atoms with Crippen LogP contribution in [0.2, 0.25) is 0 Å². The van der Waals surface area contributed by atoms with Crippen molar-refractivity contribution >= 4 is 23.1 Å². The molecule has 2 amide bonds. The van der Waals surface area contributed by atoms with Gasteiger partial charge >= 0.3 is 0 Å². The Hall–Kier alpha value is -3.16. The zero-order valence-corrected chi connectivity index (χ0v) is 19.5. The molecule has 7 nitrogen and oxygen atoms in total. The predicted molar refractivity (Wildman–Crippen MR) is 128 cm³/mol. The van der Waals surface area contributed by atoms with E-state index in [0.717, 1.165) is 67.4 Å². The molecule has 1 N–H and O–H groups in total. The third-order valence-corrected chi connectivity index (χ3v) is 6.14. The molecule has 2 heterocycles. The highest BCUT2D eigenvalue weighted by atomic mass is 16.5. The maximum Gasteiger partial charge on any atom is 0.278 e. The molecule has 2 aromatic rings. The van der Waals surface area contributed by atoms with Crippen LogP contribution in [-0.4, -0.2) is 68.1 Å². The van der Waals surface area contributed by atoms with Crippen LogP contribution in [0.5, 0.6) is 5.75 Å². The van der Waals surface area contributed by atoms with Gasteiger partial charge in [-0.2, -0.15) is 0 Å². The largest absolute Gasteiger partial charge is 0.497 e. The normalized spacial score (nSPS) is 17.1. The van der Waals surface area contributed by atoms with Crippen LogP contribution in [0.1, 0.15) is 23.1 Å². The minimum Gasteiger partial charge on any atom is -0.497 e. The van der Waals surface area contributed by atoms with Crippen LogP contribution in [0.15, 0.2) is 48.2 Å². The average Bonchev–Trinajstić information content (AvgIpc) is 3.04. The maximum atomic E-state index is 13.5. The smallest absolute Gasteiger partial charge is 0.278 e. The number of morpholine rings is 1. The summed E-state index contributed by atoms with van der Waals surface area (Å²) < 4.78 is 10.6. The molecule has 33 heavy (non-hydrogen) atoms. The van der Waals surface area contributed by atoms with Gasteiger partial charge < -0.3 is 14.8 Å². The van der Waals surface area contributed by atoms with E-state index in [2.05, 4.69) is 10.2 Å². The van der Waals surface area contributed by atoms with Crippen molar-refractivity contribution in [2.45, 2.75) is 20.3 Å². The highest BCUT2D eigenvalue weighted by molar-refractivity contribution is 6.36. The topological polar surface area (TPSA) is 71.1 Å². The summed E-state index contributed by atoms with van der Waals surface area (Å²) in [4.78, 5) is 30.6. The number of imide groups is 1. The van der Waals surface area contributed by atoms with Crippen molar-refractivity contribution in [1.82, 2.24) is 9.80 Å². The van der Waals surface area contributed by atoms with Gasteiger partial charge in [0.2, 0.25) is 0 Å². The Balaban J connectivity index is 1.59. The summed E-state index contributed by atoms with van der Waals surface area (Å²) >= 11 is 0. The molecule has 0 bridgehead atoms. The molecule has 7 heteroatoms. The van der Waals surface area contributed by atoms with Gasteiger partial charge in [-0.05, 0) is 55.7 Å². The first-order valence-electron chi connectivity index (χ1n) is 11.4. The molecule has 0 radical (unpaired) electrons. The van der Waals surface area contributed by atoms with Gasteiger partial charge in [-0.15, -0.1) is 0 Å². The molecule has 0 aliphatic carbocycles. The molecule has 0 atom stereocenters. The van der Waals surface area contributed by atoms with Gasteiger partial charge in [-0.1, -0.05) is 23.8 Å². The molecular formula is C26H31N3O4. The van der Waals surface area contributed by atoms with E-state index in [1.54, 1.807) is 7.11 Å². The highest BCUT2D eigenvalue weighted by Gasteiger charge is 2.39. The number of nitrogens with zero attached hydrogens (tertiary/aromatic N) is 2. The third-order valence-electron chi connectivity index (χ3n) is 6.14. The Bertz CT molecular complexity index is 1060. The number of nitrogens with one attached hydrogen (secondary N) is 1. The lowest BCUT2D eigenvalue weighted by atomic mass is 9.97. The summed E-state index contributed by atoms with van der Waals surface area (Å²) in [7, 11) is 1.61. The van der Waals surface area contributed by atoms with E-state index >= 15 is 0 Å². The summed E-state index contributed by atoms with van der Waals surface area (Å²) in [5.41, 5.74) is 4.34. The van der Waals surface area contributed by atoms with Crippen molar-refractivity contribution in [3.63, 3.8) is 0 Å². The number of amides is 2. The molecule has 1 fully saturated rings. The van der Waals surface area contributed by atoms with Crippen molar-refractivity contribution in [1.29, 1.82) is 0 Å². The van der Waals surface area contributed by atoms with Gasteiger partial charge in [0.25, 0.3) is 11.8 Å². The Kier molecular flexibility index (Phi) is 7.11. The zero-order valence-electron chi connectivity index (χ0n) is 19.5. The first kappa shape index (κ1) is 23.0. The lowest BCUT2D eigenvalue weighted by Gasteiger charge is -2.27. The standard InChI is InChI=1S/C26H31N3O4/c1-18-5-10-22(19(2)17-18)23-24(27-20-6-8-21(32-3)9-7-20)26(31)29(25(23)30)12-4-11-28-13-15-33-16-14-28/h5-10,17,27H,4,11-16H2,1-3H3. The third kappa shape index (κ3) is 5.10. The molecular weight excluding hydrogens is 418 g/mol. The molecule has 4 rings (SSSR count). The molecule has 2 aromatic carbocycles. The number of hydrogen-bond acceptors (Lipinski definition) is 6. The average molecular weight is 450 g/mol. The quantitative estimate of drug-likeness (QED) is 0.624. The van der Waals surface area contributed by atoms with Crippen LogP contribution in [-0.2, 0) is 14.3 Å².